The Morgan fingerprint density at radius 2 is 2.12 bits per heavy atom. The van der Waals surface area contributed by atoms with Gasteiger partial charge in [0.15, 0.2) is 5.65 Å². The van der Waals surface area contributed by atoms with Gasteiger partial charge in [0.2, 0.25) is 0 Å². The van der Waals surface area contributed by atoms with Crippen molar-refractivity contribution < 1.29 is 4.79 Å². The molecule has 1 aliphatic carbocycles. The molecule has 0 aromatic carbocycles. The van der Waals surface area contributed by atoms with Crippen molar-refractivity contribution in [2.75, 3.05) is 6.54 Å². The molecule has 0 radical (unpaired) electrons. The van der Waals surface area contributed by atoms with Gasteiger partial charge in [0.1, 0.15) is 0 Å². The predicted octanol–water partition coefficient (Wildman–Crippen LogP) is 3.97. The van der Waals surface area contributed by atoms with E-state index in [0.29, 0.717) is 12.6 Å². The molecule has 1 amide bonds. The molecule has 0 N–H and O–H groups in total. The standard InChI is InChI=1S/C20H28N4O/c1-6-11-24(15-9-7-8-10-15)20(25)16-12-17(13(2)3)21-19-18(16)14(4)22-23(19)5/h6,12-13,15H,1,7-11H2,2-5H3. The van der Waals surface area contributed by atoms with E-state index in [0.717, 1.165) is 40.8 Å². The minimum absolute atomic E-state index is 0.0807. The summed E-state index contributed by atoms with van der Waals surface area (Å²) in [6, 6.07) is 2.28. The van der Waals surface area contributed by atoms with Crippen molar-refractivity contribution in [1.82, 2.24) is 19.7 Å². The monoisotopic (exact) mass is 340 g/mol. The molecule has 0 aliphatic heterocycles. The van der Waals surface area contributed by atoms with Gasteiger partial charge in [-0.2, -0.15) is 5.10 Å². The highest BCUT2D eigenvalue weighted by atomic mass is 16.2. The van der Waals surface area contributed by atoms with Crippen LogP contribution in [0.4, 0.5) is 0 Å². The maximum atomic E-state index is 13.5. The van der Waals surface area contributed by atoms with Crippen LogP contribution in [-0.2, 0) is 7.05 Å². The van der Waals surface area contributed by atoms with Crippen molar-refractivity contribution in [3.8, 4) is 0 Å². The molecule has 2 heterocycles. The van der Waals surface area contributed by atoms with Gasteiger partial charge in [-0.3, -0.25) is 9.48 Å². The lowest BCUT2D eigenvalue weighted by atomic mass is 10.0. The zero-order valence-electron chi connectivity index (χ0n) is 15.7. The largest absolute Gasteiger partial charge is 0.332 e. The van der Waals surface area contributed by atoms with Crippen molar-refractivity contribution in [3.05, 3.63) is 35.7 Å². The first-order chi connectivity index (χ1) is 11.9. The summed E-state index contributed by atoms with van der Waals surface area (Å²) >= 11 is 0. The fraction of sp³-hybridized carbons (Fsp3) is 0.550. The average Bonchev–Trinajstić information content (AvgIpc) is 3.20. The average molecular weight is 340 g/mol. The number of amides is 1. The Kier molecular flexibility index (Phi) is 4.93. The first-order valence-corrected chi connectivity index (χ1v) is 9.20. The molecular formula is C20H28N4O. The van der Waals surface area contributed by atoms with Crippen LogP contribution in [0.3, 0.4) is 0 Å². The van der Waals surface area contributed by atoms with Gasteiger partial charge in [-0.15, -0.1) is 6.58 Å². The number of pyridine rings is 1. The third-order valence-electron chi connectivity index (χ3n) is 5.16. The topological polar surface area (TPSA) is 51.0 Å². The highest BCUT2D eigenvalue weighted by Gasteiger charge is 2.29. The molecule has 1 saturated carbocycles. The summed E-state index contributed by atoms with van der Waals surface area (Å²) in [6.07, 6.45) is 6.38. The van der Waals surface area contributed by atoms with E-state index in [1.54, 1.807) is 4.68 Å². The number of aryl methyl sites for hydroxylation is 2. The number of rotatable bonds is 5. The number of hydrogen-bond acceptors (Lipinski definition) is 3. The van der Waals surface area contributed by atoms with Crippen LogP contribution >= 0.6 is 0 Å². The Hall–Kier alpha value is -2.17. The van der Waals surface area contributed by atoms with E-state index in [9.17, 15) is 4.79 Å². The predicted molar refractivity (Wildman–Crippen MR) is 101 cm³/mol. The maximum Gasteiger partial charge on any atom is 0.255 e. The van der Waals surface area contributed by atoms with Crippen molar-refractivity contribution in [2.45, 2.75) is 58.4 Å². The Labute approximate surface area is 149 Å². The molecule has 25 heavy (non-hydrogen) atoms. The van der Waals surface area contributed by atoms with E-state index in [2.05, 4.69) is 25.5 Å². The van der Waals surface area contributed by atoms with Gasteiger partial charge >= 0.3 is 0 Å². The Morgan fingerprint density at radius 3 is 2.72 bits per heavy atom. The highest BCUT2D eigenvalue weighted by Crippen LogP contribution is 2.29. The smallest absolute Gasteiger partial charge is 0.255 e. The van der Waals surface area contributed by atoms with E-state index in [4.69, 9.17) is 4.98 Å². The Morgan fingerprint density at radius 1 is 1.44 bits per heavy atom. The second-order valence-corrected chi connectivity index (χ2v) is 7.34. The SMILES string of the molecule is C=CCN(C(=O)c1cc(C(C)C)nc2c1c(C)nn2C)C1CCCC1. The first-order valence-electron chi connectivity index (χ1n) is 9.20. The summed E-state index contributed by atoms with van der Waals surface area (Å²) in [5, 5.41) is 5.38. The van der Waals surface area contributed by atoms with Crippen molar-refractivity contribution in [2.24, 2.45) is 7.05 Å². The van der Waals surface area contributed by atoms with Crippen LogP contribution in [-0.4, -0.2) is 38.2 Å². The van der Waals surface area contributed by atoms with Gasteiger partial charge in [0, 0.05) is 25.3 Å². The second-order valence-electron chi connectivity index (χ2n) is 7.34. The lowest BCUT2D eigenvalue weighted by molar-refractivity contribution is 0.0708. The zero-order chi connectivity index (χ0) is 18.1. The second kappa shape index (κ2) is 6.98. The van der Waals surface area contributed by atoms with Crippen LogP contribution in [0.15, 0.2) is 18.7 Å². The molecule has 3 rings (SSSR count). The number of carbonyl (C=O) groups is 1. The molecule has 0 saturated heterocycles. The van der Waals surface area contributed by atoms with Gasteiger partial charge in [-0.25, -0.2) is 4.98 Å². The highest BCUT2D eigenvalue weighted by molar-refractivity contribution is 6.06. The molecule has 0 atom stereocenters. The van der Waals surface area contributed by atoms with Gasteiger partial charge in [0.05, 0.1) is 16.6 Å². The van der Waals surface area contributed by atoms with Gasteiger partial charge in [0.25, 0.3) is 5.91 Å². The first kappa shape index (κ1) is 17.6. The molecule has 0 bridgehead atoms. The zero-order valence-corrected chi connectivity index (χ0v) is 15.7. The molecule has 0 spiro atoms. The number of aromatic nitrogens is 3. The third-order valence-corrected chi connectivity index (χ3v) is 5.16. The summed E-state index contributed by atoms with van der Waals surface area (Å²) in [5.74, 6) is 0.336. The summed E-state index contributed by atoms with van der Waals surface area (Å²) in [5.41, 5.74) is 3.31. The number of nitrogens with zero attached hydrogens (tertiary/aromatic N) is 4. The van der Waals surface area contributed by atoms with Crippen LogP contribution in [0.2, 0.25) is 0 Å². The van der Waals surface area contributed by atoms with Crippen LogP contribution in [0.5, 0.6) is 0 Å². The van der Waals surface area contributed by atoms with E-state index >= 15 is 0 Å². The maximum absolute atomic E-state index is 13.5. The molecular weight excluding hydrogens is 312 g/mol. The molecule has 0 unspecified atom stereocenters. The molecule has 1 aliphatic rings. The fourth-order valence-electron chi connectivity index (χ4n) is 3.84. The lowest BCUT2D eigenvalue weighted by Crippen LogP contribution is -2.39. The molecule has 2 aromatic rings. The summed E-state index contributed by atoms with van der Waals surface area (Å²) in [6.45, 7) is 10.6. The van der Waals surface area contributed by atoms with Crippen molar-refractivity contribution in [3.63, 3.8) is 0 Å². The Balaban J connectivity index is 2.14. The van der Waals surface area contributed by atoms with Crippen molar-refractivity contribution in [1.29, 1.82) is 0 Å². The molecule has 5 heteroatoms. The van der Waals surface area contributed by atoms with Gasteiger partial charge in [-0.1, -0.05) is 32.8 Å². The van der Waals surface area contributed by atoms with Crippen LogP contribution in [0.25, 0.3) is 11.0 Å². The van der Waals surface area contributed by atoms with E-state index in [1.165, 1.54) is 12.8 Å². The quantitative estimate of drug-likeness (QED) is 0.774. The summed E-state index contributed by atoms with van der Waals surface area (Å²) in [4.78, 5) is 20.2. The van der Waals surface area contributed by atoms with E-state index in [-0.39, 0.29) is 11.8 Å². The van der Waals surface area contributed by atoms with Crippen LogP contribution in [0.1, 0.15) is 67.2 Å². The van der Waals surface area contributed by atoms with E-state index in [1.807, 2.05) is 31.0 Å². The van der Waals surface area contributed by atoms with Crippen molar-refractivity contribution >= 4 is 16.9 Å². The minimum Gasteiger partial charge on any atom is -0.332 e. The molecule has 1 fully saturated rings. The number of fused-ring (bicyclic) bond motifs is 1. The molecule has 5 nitrogen and oxygen atoms in total. The van der Waals surface area contributed by atoms with E-state index < -0.39 is 0 Å². The summed E-state index contributed by atoms with van der Waals surface area (Å²) in [7, 11) is 1.89. The van der Waals surface area contributed by atoms with Gasteiger partial charge in [-0.05, 0) is 31.7 Å². The van der Waals surface area contributed by atoms with Gasteiger partial charge < -0.3 is 4.90 Å². The fourth-order valence-corrected chi connectivity index (χ4v) is 3.84. The molecule has 2 aromatic heterocycles. The third kappa shape index (κ3) is 3.20. The number of carbonyl (C=O) groups excluding carboxylic acids is 1. The summed E-state index contributed by atoms with van der Waals surface area (Å²) < 4.78 is 1.78. The number of hydrogen-bond donors (Lipinski definition) is 0. The minimum atomic E-state index is 0.0807. The normalized spacial score (nSPS) is 15.2. The lowest BCUT2D eigenvalue weighted by Gasteiger charge is -2.28. The Bertz CT molecular complexity index is 800. The van der Waals surface area contributed by atoms with Crippen LogP contribution < -0.4 is 0 Å². The van der Waals surface area contributed by atoms with Crippen LogP contribution in [0, 0.1) is 6.92 Å². The molecule has 134 valence electrons.